The SMILES string of the molecule is O=C(O)CCNC(=O)CCN1CCCCC1=O. The van der Waals surface area contributed by atoms with Crippen molar-refractivity contribution in [1.29, 1.82) is 0 Å². The fourth-order valence-corrected chi connectivity index (χ4v) is 1.73. The van der Waals surface area contributed by atoms with Gasteiger partial charge in [0.15, 0.2) is 0 Å². The quantitative estimate of drug-likeness (QED) is 0.685. The summed E-state index contributed by atoms with van der Waals surface area (Å²) in [6.45, 7) is 1.29. The minimum absolute atomic E-state index is 0.0750. The number of hydrogen-bond donors (Lipinski definition) is 2. The molecule has 1 fully saturated rings. The third-order valence-corrected chi connectivity index (χ3v) is 2.69. The second-order valence-corrected chi connectivity index (χ2v) is 4.08. The number of piperidine rings is 1. The van der Waals surface area contributed by atoms with E-state index in [0.717, 1.165) is 19.4 Å². The Balaban J connectivity index is 2.14. The van der Waals surface area contributed by atoms with Crippen LogP contribution in [0.2, 0.25) is 0 Å². The predicted octanol–water partition coefficient (Wildman–Crippen LogP) is -0.0201. The van der Waals surface area contributed by atoms with Crippen molar-refractivity contribution >= 4 is 17.8 Å². The molecule has 0 spiro atoms. The molecule has 96 valence electrons. The van der Waals surface area contributed by atoms with Crippen LogP contribution in [0.4, 0.5) is 0 Å². The van der Waals surface area contributed by atoms with E-state index in [-0.39, 0.29) is 31.2 Å². The van der Waals surface area contributed by atoms with Gasteiger partial charge in [-0.15, -0.1) is 0 Å². The van der Waals surface area contributed by atoms with Crippen LogP contribution in [0.25, 0.3) is 0 Å². The molecular weight excluding hydrogens is 224 g/mol. The molecule has 0 unspecified atom stereocenters. The summed E-state index contributed by atoms with van der Waals surface area (Å²) in [5, 5.41) is 10.9. The number of carboxylic acid groups (broad SMARTS) is 1. The van der Waals surface area contributed by atoms with Crippen molar-refractivity contribution in [3.8, 4) is 0 Å². The van der Waals surface area contributed by atoms with Gasteiger partial charge >= 0.3 is 5.97 Å². The lowest BCUT2D eigenvalue weighted by Crippen LogP contribution is -2.38. The van der Waals surface area contributed by atoms with Crippen molar-refractivity contribution in [2.75, 3.05) is 19.6 Å². The van der Waals surface area contributed by atoms with Crippen molar-refractivity contribution in [2.24, 2.45) is 0 Å². The summed E-state index contributed by atoms with van der Waals surface area (Å²) in [7, 11) is 0. The van der Waals surface area contributed by atoms with Crippen LogP contribution in [-0.4, -0.2) is 47.4 Å². The lowest BCUT2D eigenvalue weighted by atomic mass is 10.1. The van der Waals surface area contributed by atoms with Crippen molar-refractivity contribution < 1.29 is 19.5 Å². The monoisotopic (exact) mass is 242 g/mol. The molecule has 0 aliphatic carbocycles. The van der Waals surface area contributed by atoms with E-state index in [9.17, 15) is 14.4 Å². The number of rotatable bonds is 6. The smallest absolute Gasteiger partial charge is 0.305 e. The van der Waals surface area contributed by atoms with Crippen molar-refractivity contribution in [1.82, 2.24) is 10.2 Å². The molecule has 6 nitrogen and oxygen atoms in total. The summed E-state index contributed by atoms with van der Waals surface area (Å²) in [5.41, 5.74) is 0. The zero-order valence-electron chi connectivity index (χ0n) is 9.78. The van der Waals surface area contributed by atoms with E-state index in [2.05, 4.69) is 5.32 Å². The molecule has 0 bridgehead atoms. The first-order valence-corrected chi connectivity index (χ1v) is 5.86. The first-order chi connectivity index (χ1) is 8.09. The standard InChI is InChI=1S/C11H18N2O4/c14-9(12-6-4-11(16)17)5-8-13-7-2-1-3-10(13)15/h1-8H2,(H,12,14)(H,16,17). The number of nitrogens with zero attached hydrogens (tertiary/aromatic N) is 1. The highest BCUT2D eigenvalue weighted by molar-refractivity contribution is 5.79. The molecule has 0 aromatic heterocycles. The summed E-state index contributed by atoms with van der Waals surface area (Å²) in [6.07, 6.45) is 2.66. The van der Waals surface area contributed by atoms with E-state index in [1.54, 1.807) is 4.90 Å². The van der Waals surface area contributed by atoms with Crippen molar-refractivity contribution in [3.63, 3.8) is 0 Å². The highest BCUT2D eigenvalue weighted by Crippen LogP contribution is 2.10. The Morgan fingerprint density at radius 3 is 2.71 bits per heavy atom. The molecule has 1 saturated heterocycles. The lowest BCUT2D eigenvalue weighted by molar-refractivity contribution is -0.137. The Kier molecular flexibility index (Phi) is 5.45. The van der Waals surface area contributed by atoms with Gasteiger partial charge in [-0.1, -0.05) is 0 Å². The summed E-state index contributed by atoms with van der Waals surface area (Å²) < 4.78 is 0. The van der Waals surface area contributed by atoms with Gasteiger partial charge < -0.3 is 15.3 Å². The summed E-state index contributed by atoms with van der Waals surface area (Å²) in [4.78, 5) is 34.7. The van der Waals surface area contributed by atoms with Gasteiger partial charge in [0.25, 0.3) is 0 Å². The van der Waals surface area contributed by atoms with Gasteiger partial charge in [0.05, 0.1) is 6.42 Å². The maximum atomic E-state index is 11.4. The third-order valence-electron chi connectivity index (χ3n) is 2.69. The lowest BCUT2D eigenvalue weighted by Gasteiger charge is -2.26. The molecule has 6 heteroatoms. The largest absolute Gasteiger partial charge is 0.481 e. The summed E-state index contributed by atoms with van der Waals surface area (Å²) >= 11 is 0. The fraction of sp³-hybridized carbons (Fsp3) is 0.727. The van der Waals surface area contributed by atoms with Gasteiger partial charge in [0.1, 0.15) is 0 Å². The Morgan fingerprint density at radius 2 is 2.06 bits per heavy atom. The molecule has 0 aromatic carbocycles. The number of carbonyl (C=O) groups excluding carboxylic acids is 2. The number of amides is 2. The molecule has 17 heavy (non-hydrogen) atoms. The maximum Gasteiger partial charge on any atom is 0.305 e. The van der Waals surface area contributed by atoms with E-state index in [4.69, 9.17) is 5.11 Å². The highest BCUT2D eigenvalue weighted by atomic mass is 16.4. The van der Waals surface area contributed by atoms with Crippen LogP contribution in [0, 0.1) is 0 Å². The minimum Gasteiger partial charge on any atom is -0.481 e. The van der Waals surface area contributed by atoms with Gasteiger partial charge in [0, 0.05) is 32.5 Å². The van der Waals surface area contributed by atoms with Gasteiger partial charge in [-0.25, -0.2) is 0 Å². The van der Waals surface area contributed by atoms with Crippen LogP contribution < -0.4 is 5.32 Å². The van der Waals surface area contributed by atoms with Crippen LogP contribution in [-0.2, 0) is 14.4 Å². The molecule has 1 aliphatic heterocycles. The van der Waals surface area contributed by atoms with Crippen LogP contribution in [0.3, 0.4) is 0 Å². The Hall–Kier alpha value is -1.59. The third kappa shape index (κ3) is 5.33. The molecular formula is C11H18N2O4. The minimum atomic E-state index is -0.934. The molecule has 0 radical (unpaired) electrons. The molecule has 1 rings (SSSR count). The first-order valence-electron chi connectivity index (χ1n) is 5.86. The molecule has 2 N–H and O–H groups in total. The predicted molar refractivity (Wildman–Crippen MR) is 60.3 cm³/mol. The number of carbonyl (C=O) groups is 3. The number of likely N-dealkylation sites (tertiary alicyclic amines) is 1. The number of carboxylic acids is 1. The molecule has 1 heterocycles. The summed E-state index contributed by atoms with van der Waals surface area (Å²) in [5.74, 6) is -1.03. The number of hydrogen-bond acceptors (Lipinski definition) is 3. The van der Waals surface area contributed by atoms with Crippen LogP contribution >= 0.6 is 0 Å². The van der Waals surface area contributed by atoms with Crippen LogP contribution in [0.5, 0.6) is 0 Å². The van der Waals surface area contributed by atoms with E-state index in [1.165, 1.54) is 0 Å². The number of nitrogens with one attached hydrogen (secondary N) is 1. The van der Waals surface area contributed by atoms with Gasteiger partial charge in [-0.3, -0.25) is 14.4 Å². The second kappa shape index (κ2) is 6.88. The fourth-order valence-electron chi connectivity index (χ4n) is 1.73. The molecule has 1 aliphatic rings. The average Bonchev–Trinajstić information content (AvgIpc) is 2.27. The Labute approximate surface area is 100.0 Å². The topological polar surface area (TPSA) is 86.7 Å². The zero-order chi connectivity index (χ0) is 12.7. The van der Waals surface area contributed by atoms with E-state index in [1.807, 2.05) is 0 Å². The normalized spacial score (nSPS) is 15.8. The molecule has 2 amide bonds. The van der Waals surface area contributed by atoms with E-state index in [0.29, 0.717) is 13.0 Å². The van der Waals surface area contributed by atoms with Crippen molar-refractivity contribution in [2.45, 2.75) is 32.1 Å². The van der Waals surface area contributed by atoms with E-state index < -0.39 is 5.97 Å². The molecule has 0 atom stereocenters. The molecule has 0 aromatic rings. The summed E-state index contributed by atoms with van der Waals surface area (Å²) in [6, 6.07) is 0. The second-order valence-electron chi connectivity index (χ2n) is 4.08. The van der Waals surface area contributed by atoms with Crippen molar-refractivity contribution in [3.05, 3.63) is 0 Å². The van der Waals surface area contributed by atoms with Crippen LogP contribution in [0.1, 0.15) is 32.1 Å². The van der Waals surface area contributed by atoms with Crippen LogP contribution in [0.15, 0.2) is 0 Å². The average molecular weight is 242 g/mol. The maximum absolute atomic E-state index is 11.4. The molecule has 0 saturated carbocycles. The van der Waals surface area contributed by atoms with Gasteiger partial charge in [-0.05, 0) is 12.8 Å². The Morgan fingerprint density at radius 1 is 1.29 bits per heavy atom. The Bertz CT molecular complexity index is 304. The van der Waals surface area contributed by atoms with Gasteiger partial charge in [0.2, 0.25) is 11.8 Å². The van der Waals surface area contributed by atoms with E-state index >= 15 is 0 Å². The highest BCUT2D eigenvalue weighted by Gasteiger charge is 2.18. The van der Waals surface area contributed by atoms with Gasteiger partial charge in [-0.2, -0.15) is 0 Å². The first kappa shape index (κ1) is 13.5. The number of aliphatic carboxylic acids is 1. The zero-order valence-corrected chi connectivity index (χ0v) is 9.78.